The molecule has 2 aromatic heterocycles. The molecule has 5 nitrogen and oxygen atoms in total. The van der Waals surface area contributed by atoms with Crippen molar-refractivity contribution in [1.29, 1.82) is 0 Å². The molecule has 0 unspecified atom stereocenters. The third kappa shape index (κ3) is 3.20. The maximum Gasteiger partial charge on any atom is 0.261 e. The van der Waals surface area contributed by atoms with Crippen molar-refractivity contribution in [1.82, 2.24) is 9.97 Å². The van der Waals surface area contributed by atoms with E-state index in [-0.39, 0.29) is 5.91 Å². The van der Waals surface area contributed by atoms with Gasteiger partial charge >= 0.3 is 0 Å². The van der Waals surface area contributed by atoms with E-state index in [1.165, 1.54) is 4.90 Å². The average molecular weight is 319 g/mol. The quantitative estimate of drug-likeness (QED) is 0.877. The van der Waals surface area contributed by atoms with Gasteiger partial charge in [0.05, 0.1) is 11.3 Å². The van der Waals surface area contributed by atoms with Gasteiger partial charge in [-0.15, -0.1) is 0 Å². The number of amides is 1. The van der Waals surface area contributed by atoms with Gasteiger partial charge in [-0.2, -0.15) is 0 Å². The highest BCUT2D eigenvalue weighted by Crippen LogP contribution is 2.27. The number of carbonyl (C=O) groups is 1. The van der Waals surface area contributed by atoms with Crippen molar-refractivity contribution in [3.63, 3.8) is 0 Å². The molecule has 22 heavy (non-hydrogen) atoms. The molecule has 0 aromatic carbocycles. The zero-order chi connectivity index (χ0) is 16.3. The van der Waals surface area contributed by atoms with Crippen LogP contribution in [-0.2, 0) is 0 Å². The Kier molecular flexibility index (Phi) is 4.98. The number of anilines is 2. The highest BCUT2D eigenvalue weighted by molar-refractivity contribution is 6.33. The SMILES string of the molecule is CCNc1ncccc1C(=O)N(C)c1cc(C)c(C)nc1Cl. The maximum absolute atomic E-state index is 12.7. The maximum atomic E-state index is 12.7. The molecule has 1 amide bonds. The van der Waals surface area contributed by atoms with Crippen LogP contribution in [0.5, 0.6) is 0 Å². The molecule has 0 saturated heterocycles. The summed E-state index contributed by atoms with van der Waals surface area (Å²) in [5, 5.41) is 3.40. The molecule has 0 atom stereocenters. The molecule has 2 heterocycles. The molecular weight excluding hydrogens is 300 g/mol. The van der Waals surface area contributed by atoms with Crippen LogP contribution in [0.2, 0.25) is 5.15 Å². The second-order valence-corrected chi connectivity index (χ2v) is 5.35. The summed E-state index contributed by atoms with van der Waals surface area (Å²) >= 11 is 6.19. The third-order valence-corrected chi connectivity index (χ3v) is 3.73. The van der Waals surface area contributed by atoms with Gasteiger partial charge in [-0.05, 0) is 44.5 Å². The molecule has 0 radical (unpaired) electrons. The minimum atomic E-state index is -0.184. The first-order valence-electron chi connectivity index (χ1n) is 7.06. The molecule has 0 aliphatic heterocycles. The number of hydrogen-bond acceptors (Lipinski definition) is 4. The summed E-state index contributed by atoms with van der Waals surface area (Å²) in [6.45, 7) is 6.47. The molecule has 2 rings (SSSR count). The fourth-order valence-electron chi connectivity index (χ4n) is 2.07. The summed E-state index contributed by atoms with van der Waals surface area (Å²) < 4.78 is 0. The van der Waals surface area contributed by atoms with Crippen LogP contribution in [0.1, 0.15) is 28.5 Å². The number of aromatic nitrogens is 2. The van der Waals surface area contributed by atoms with E-state index in [1.54, 1.807) is 25.4 Å². The van der Waals surface area contributed by atoms with Gasteiger partial charge < -0.3 is 10.2 Å². The second-order valence-electron chi connectivity index (χ2n) is 4.99. The molecule has 0 aliphatic rings. The van der Waals surface area contributed by atoms with E-state index in [4.69, 9.17) is 11.6 Å². The molecule has 1 N–H and O–H groups in total. The number of carbonyl (C=O) groups excluding carboxylic acids is 1. The van der Waals surface area contributed by atoms with Gasteiger partial charge in [0.1, 0.15) is 5.82 Å². The summed E-state index contributed by atoms with van der Waals surface area (Å²) in [4.78, 5) is 22.7. The Hall–Kier alpha value is -2.14. The first kappa shape index (κ1) is 16.2. The van der Waals surface area contributed by atoms with Gasteiger partial charge in [-0.3, -0.25) is 4.79 Å². The van der Waals surface area contributed by atoms with E-state index >= 15 is 0 Å². The first-order chi connectivity index (χ1) is 10.5. The lowest BCUT2D eigenvalue weighted by atomic mass is 10.2. The fourth-order valence-corrected chi connectivity index (χ4v) is 2.38. The topological polar surface area (TPSA) is 58.1 Å². The van der Waals surface area contributed by atoms with Gasteiger partial charge in [0.15, 0.2) is 5.15 Å². The molecule has 116 valence electrons. The van der Waals surface area contributed by atoms with Gasteiger partial charge in [-0.1, -0.05) is 11.6 Å². The van der Waals surface area contributed by atoms with Gasteiger partial charge in [-0.25, -0.2) is 9.97 Å². The van der Waals surface area contributed by atoms with E-state index in [1.807, 2.05) is 26.8 Å². The number of pyridine rings is 2. The van der Waals surface area contributed by atoms with Crippen molar-refractivity contribution in [2.75, 3.05) is 23.8 Å². The lowest BCUT2D eigenvalue weighted by Gasteiger charge is -2.20. The Bertz CT molecular complexity index is 703. The normalized spacial score (nSPS) is 10.4. The van der Waals surface area contributed by atoms with E-state index in [0.29, 0.717) is 28.8 Å². The number of rotatable bonds is 4. The zero-order valence-electron chi connectivity index (χ0n) is 13.1. The van der Waals surface area contributed by atoms with E-state index in [2.05, 4.69) is 15.3 Å². The van der Waals surface area contributed by atoms with Crippen molar-refractivity contribution in [2.45, 2.75) is 20.8 Å². The van der Waals surface area contributed by atoms with Crippen LogP contribution in [-0.4, -0.2) is 29.5 Å². The van der Waals surface area contributed by atoms with E-state index < -0.39 is 0 Å². The van der Waals surface area contributed by atoms with Crippen molar-refractivity contribution in [3.8, 4) is 0 Å². The predicted octanol–water partition coefficient (Wildman–Crippen LogP) is 3.46. The molecule has 6 heteroatoms. The molecule has 0 saturated carbocycles. The molecule has 0 bridgehead atoms. The Morgan fingerprint density at radius 2 is 2.14 bits per heavy atom. The summed E-state index contributed by atoms with van der Waals surface area (Å²) in [5.41, 5.74) is 2.92. The average Bonchev–Trinajstić information content (AvgIpc) is 2.50. The lowest BCUT2D eigenvalue weighted by Crippen LogP contribution is -2.28. The molecule has 0 spiro atoms. The summed E-state index contributed by atoms with van der Waals surface area (Å²) in [7, 11) is 1.68. The number of hydrogen-bond donors (Lipinski definition) is 1. The number of halogens is 1. The van der Waals surface area contributed by atoms with Crippen molar-refractivity contribution >= 4 is 29.0 Å². The monoisotopic (exact) mass is 318 g/mol. The van der Waals surface area contributed by atoms with Crippen molar-refractivity contribution in [2.24, 2.45) is 0 Å². The van der Waals surface area contributed by atoms with E-state index in [9.17, 15) is 4.79 Å². The number of aryl methyl sites for hydroxylation is 2. The molecule has 0 fully saturated rings. The van der Waals surface area contributed by atoms with Crippen LogP contribution in [0.15, 0.2) is 24.4 Å². The van der Waals surface area contributed by atoms with Crippen LogP contribution >= 0.6 is 11.6 Å². The van der Waals surface area contributed by atoms with Crippen LogP contribution < -0.4 is 10.2 Å². The highest BCUT2D eigenvalue weighted by atomic mass is 35.5. The Morgan fingerprint density at radius 1 is 1.41 bits per heavy atom. The van der Waals surface area contributed by atoms with Crippen LogP contribution in [0.3, 0.4) is 0 Å². The Morgan fingerprint density at radius 3 is 2.82 bits per heavy atom. The predicted molar refractivity (Wildman–Crippen MR) is 89.9 cm³/mol. The van der Waals surface area contributed by atoms with Gasteiger partial charge in [0.25, 0.3) is 5.91 Å². The van der Waals surface area contributed by atoms with Gasteiger partial charge in [0, 0.05) is 25.5 Å². The van der Waals surface area contributed by atoms with Crippen molar-refractivity contribution < 1.29 is 4.79 Å². The fraction of sp³-hybridized carbons (Fsp3) is 0.312. The van der Waals surface area contributed by atoms with Crippen LogP contribution in [0.4, 0.5) is 11.5 Å². The van der Waals surface area contributed by atoms with Crippen LogP contribution in [0, 0.1) is 13.8 Å². The summed E-state index contributed by atoms with van der Waals surface area (Å²) in [5.74, 6) is 0.380. The number of nitrogens with one attached hydrogen (secondary N) is 1. The third-order valence-electron chi connectivity index (χ3n) is 3.45. The van der Waals surface area contributed by atoms with Crippen LogP contribution in [0.25, 0.3) is 0 Å². The number of nitrogens with zero attached hydrogens (tertiary/aromatic N) is 3. The van der Waals surface area contributed by atoms with E-state index in [0.717, 1.165) is 11.3 Å². The first-order valence-corrected chi connectivity index (χ1v) is 7.44. The molecular formula is C16H19ClN4O. The second kappa shape index (κ2) is 6.75. The molecule has 2 aromatic rings. The Balaban J connectivity index is 2.40. The smallest absolute Gasteiger partial charge is 0.261 e. The lowest BCUT2D eigenvalue weighted by molar-refractivity contribution is 0.0993. The van der Waals surface area contributed by atoms with Crippen molar-refractivity contribution in [3.05, 3.63) is 46.4 Å². The standard InChI is InChI=1S/C16H19ClN4O/c1-5-18-15-12(7-6-8-19-15)16(22)21(4)13-9-10(2)11(3)20-14(13)17/h6-9H,5H2,1-4H3,(H,18,19). The minimum absolute atomic E-state index is 0.184. The summed E-state index contributed by atoms with van der Waals surface area (Å²) in [6, 6.07) is 5.35. The highest BCUT2D eigenvalue weighted by Gasteiger charge is 2.20. The summed E-state index contributed by atoms with van der Waals surface area (Å²) in [6.07, 6.45) is 1.65. The Labute approximate surface area is 135 Å². The van der Waals surface area contributed by atoms with Gasteiger partial charge in [0.2, 0.25) is 0 Å². The zero-order valence-corrected chi connectivity index (χ0v) is 13.9. The largest absolute Gasteiger partial charge is 0.370 e. The molecule has 0 aliphatic carbocycles. The minimum Gasteiger partial charge on any atom is -0.370 e.